The number of aliphatic carboxylic acids is 1. The molecular weight excluding hydrogens is 406 g/mol. The molecule has 0 amide bonds. The largest absolute Gasteiger partial charge is 0.480 e. The van der Waals surface area contributed by atoms with E-state index in [0.717, 1.165) is 5.69 Å². The van der Waals surface area contributed by atoms with E-state index >= 15 is 0 Å². The molecule has 2 aromatic carbocycles. The molecule has 1 atom stereocenters. The molecule has 0 spiro atoms. The molecule has 1 aromatic heterocycles. The van der Waals surface area contributed by atoms with Gasteiger partial charge in [-0.05, 0) is 24.3 Å². The fourth-order valence-electron chi connectivity index (χ4n) is 4.33. The number of halogens is 1. The Bertz CT molecular complexity index is 1120. The molecule has 1 aliphatic heterocycles. The summed E-state index contributed by atoms with van der Waals surface area (Å²) >= 11 is 6.10. The molecule has 2 N–H and O–H groups in total. The second-order valence-corrected chi connectivity index (χ2v) is 7.82. The first-order chi connectivity index (χ1) is 14.4. The fraction of sp³-hybridized carbons (Fsp3) is 0.273. The molecule has 156 valence electrons. The summed E-state index contributed by atoms with van der Waals surface area (Å²) in [6.45, 7) is 2.23. The third-order valence-electron chi connectivity index (χ3n) is 5.71. The molecule has 0 aliphatic carbocycles. The lowest BCUT2D eigenvalue weighted by atomic mass is 10.00. The molecule has 0 radical (unpaired) electrons. The molecule has 4 rings (SSSR count). The first-order valence-corrected chi connectivity index (χ1v) is 10.0. The van der Waals surface area contributed by atoms with Crippen molar-refractivity contribution in [3.05, 3.63) is 64.8 Å². The molecular formula is C22H22ClN3O4. The number of aryl methyl sites for hydroxylation is 1. The number of anilines is 1. The van der Waals surface area contributed by atoms with Crippen molar-refractivity contribution in [1.82, 2.24) is 9.47 Å². The summed E-state index contributed by atoms with van der Waals surface area (Å²) in [5, 5.41) is 21.2. The number of fused-ring (bicyclic) bond motifs is 1. The zero-order valence-corrected chi connectivity index (χ0v) is 17.2. The zero-order valence-electron chi connectivity index (χ0n) is 16.5. The number of carbonyl (C=O) groups is 2. The maximum Gasteiger partial charge on any atom is 0.352 e. The second-order valence-electron chi connectivity index (χ2n) is 7.39. The molecule has 7 nitrogen and oxygen atoms in total. The van der Waals surface area contributed by atoms with Crippen LogP contribution in [0.5, 0.6) is 0 Å². The van der Waals surface area contributed by atoms with Crippen molar-refractivity contribution in [1.29, 1.82) is 0 Å². The van der Waals surface area contributed by atoms with Gasteiger partial charge in [0, 0.05) is 60.4 Å². The number of carboxylic acids is 2. The molecule has 0 bridgehead atoms. The summed E-state index contributed by atoms with van der Waals surface area (Å²) in [5.74, 6) is -2.18. The lowest BCUT2D eigenvalue weighted by Gasteiger charge is -2.39. The van der Waals surface area contributed by atoms with Gasteiger partial charge in [0.1, 0.15) is 11.7 Å². The minimum absolute atomic E-state index is 0.0147. The molecule has 30 heavy (non-hydrogen) atoms. The van der Waals surface area contributed by atoms with Gasteiger partial charge in [0.2, 0.25) is 0 Å². The average molecular weight is 428 g/mol. The topological polar surface area (TPSA) is 86.0 Å². The number of piperazine rings is 1. The number of aromatic nitrogens is 1. The van der Waals surface area contributed by atoms with Gasteiger partial charge in [0.05, 0.1) is 0 Å². The maximum absolute atomic E-state index is 12.3. The van der Waals surface area contributed by atoms with E-state index in [-0.39, 0.29) is 5.69 Å². The Balaban J connectivity index is 1.69. The van der Waals surface area contributed by atoms with Gasteiger partial charge in [-0.2, -0.15) is 0 Å². The summed E-state index contributed by atoms with van der Waals surface area (Å²) < 4.78 is 1.56. The lowest BCUT2D eigenvalue weighted by molar-refractivity contribution is -0.143. The summed E-state index contributed by atoms with van der Waals surface area (Å²) in [5.41, 5.74) is 2.05. The smallest absolute Gasteiger partial charge is 0.352 e. The van der Waals surface area contributed by atoms with E-state index < -0.39 is 18.0 Å². The highest BCUT2D eigenvalue weighted by atomic mass is 35.5. The van der Waals surface area contributed by atoms with Crippen LogP contribution in [0.1, 0.15) is 22.1 Å². The SMILES string of the molecule is Cn1c(C(=O)O)c([C@@H](C(=O)O)N2CCN(c3cccc(Cl)c3)CC2)c2ccccc21. The van der Waals surface area contributed by atoms with Crippen LogP contribution in [-0.2, 0) is 11.8 Å². The van der Waals surface area contributed by atoms with Gasteiger partial charge in [-0.25, -0.2) is 4.79 Å². The van der Waals surface area contributed by atoms with E-state index in [0.29, 0.717) is 47.7 Å². The molecule has 3 aromatic rings. The Kier molecular flexibility index (Phi) is 5.40. The van der Waals surface area contributed by atoms with E-state index in [1.807, 2.05) is 35.2 Å². The number of aromatic carboxylic acids is 1. The van der Waals surface area contributed by atoms with Crippen molar-refractivity contribution in [2.75, 3.05) is 31.1 Å². The van der Waals surface area contributed by atoms with Crippen molar-refractivity contribution in [2.45, 2.75) is 6.04 Å². The van der Waals surface area contributed by atoms with Crippen LogP contribution >= 0.6 is 11.6 Å². The molecule has 1 fully saturated rings. The molecule has 1 saturated heterocycles. The van der Waals surface area contributed by atoms with Crippen molar-refractivity contribution in [3.8, 4) is 0 Å². The van der Waals surface area contributed by atoms with Gasteiger partial charge in [-0.15, -0.1) is 0 Å². The molecule has 8 heteroatoms. The Morgan fingerprint density at radius 2 is 1.70 bits per heavy atom. The monoisotopic (exact) mass is 427 g/mol. The van der Waals surface area contributed by atoms with E-state index in [2.05, 4.69) is 4.90 Å². The van der Waals surface area contributed by atoms with E-state index in [1.54, 1.807) is 29.8 Å². The third-order valence-corrected chi connectivity index (χ3v) is 5.94. The number of carboxylic acid groups (broad SMARTS) is 2. The lowest BCUT2D eigenvalue weighted by Crippen LogP contribution is -2.49. The van der Waals surface area contributed by atoms with E-state index in [9.17, 15) is 19.8 Å². The maximum atomic E-state index is 12.3. The summed E-state index contributed by atoms with van der Waals surface area (Å²) in [7, 11) is 1.66. The first kappa shape index (κ1) is 20.3. The highest BCUT2D eigenvalue weighted by Gasteiger charge is 2.36. The van der Waals surface area contributed by atoms with Gasteiger partial charge in [0.25, 0.3) is 0 Å². The minimum atomic E-state index is -1.13. The van der Waals surface area contributed by atoms with Crippen LogP contribution in [0.2, 0.25) is 5.02 Å². The van der Waals surface area contributed by atoms with Crippen LogP contribution in [0.4, 0.5) is 5.69 Å². The second kappa shape index (κ2) is 8.01. The predicted molar refractivity (Wildman–Crippen MR) is 115 cm³/mol. The predicted octanol–water partition coefficient (Wildman–Crippen LogP) is 3.48. The normalized spacial score (nSPS) is 16.0. The standard InChI is InChI=1S/C22H22ClN3O4/c1-24-17-8-3-2-7-16(17)18(19(24)21(27)28)20(22(29)30)26-11-9-25(10-12-26)15-6-4-5-14(23)13-15/h2-8,13,20H,9-12H2,1H3,(H,27,28)(H,29,30)/t20-/m0/s1. The number of rotatable bonds is 5. The van der Waals surface area contributed by atoms with Crippen LogP contribution < -0.4 is 4.90 Å². The summed E-state index contributed by atoms with van der Waals surface area (Å²) in [4.78, 5) is 28.4. The van der Waals surface area contributed by atoms with Gasteiger partial charge in [-0.1, -0.05) is 35.9 Å². The van der Waals surface area contributed by atoms with Crippen molar-refractivity contribution in [3.63, 3.8) is 0 Å². The number of hydrogen-bond acceptors (Lipinski definition) is 4. The Morgan fingerprint density at radius 3 is 2.33 bits per heavy atom. The molecule has 2 heterocycles. The zero-order chi connectivity index (χ0) is 21.4. The Hall–Kier alpha value is -3.03. The van der Waals surface area contributed by atoms with Crippen LogP contribution in [0.3, 0.4) is 0 Å². The van der Waals surface area contributed by atoms with Crippen molar-refractivity contribution < 1.29 is 19.8 Å². The highest BCUT2D eigenvalue weighted by molar-refractivity contribution is 6.30. The van der Waals surface area contributed by atoms with Crippen molar-refractivity contribution in [2.24, 2.45) is 7.05 Å². The fourth-order valence-corrected chi connectivity index (χ4v) is 4.52. The summed E-state index contributed by atoms with van der Waals surface area (Å²) in [6, 6.07) is 13.7. The van der Waals surface area contributed by atoms with Crippen LogP contribution in [-0.4, -0.2) is 57.8 Å². The van der Waals surface area contributed by atoms with E-state index in [4.69, 9.17) is 11.6 Å². The van der Waals surface area contributed by atoms with Gasteiger partial charge in [-0.3, -0.25) is 9.69 Å². The van der Waals surface area contributed by atoms with Crippen molar-refractivity contribution >= 4 is 40.1 Å². The Morgan fingerprint density at radius 1 is 1.00 bits per heavy atom. The first-order valence-electron chi connectivity index (χ1n) is 9.66. The van der Waals surface area contributed by atoms with Gasteiger partial charge in [0.15, 0.2) is 0 Å². The number of nitrogens with zero attached hydrogens (tertiary/aromatic N) is 3. The number of benzene rings is 2. The highest BCUT2D eigenvalue weighted by Crippen LogP contribution is 2.35. The molecule has 0 saturated carbocycles. The minimum Gasteiger partial charge on any atom is -0.480 e. The third kappa shape index (κ3) is 3.51. The number of hydrogen-bond donors (Lipinski definition) is 2. The van der Waals surface area contributed by atoms with Gasteiger partial charge < -0.3 is 19.7 Å². The van der Waals surface area contributed by atoms with E-state index in [1.165, 1.54) is 0 Å². The Labute approximate surface area is 178 Å². The quantitative estimate of drug-likeness (QED) is 0.648. The van der Waals surface area contributed by atoms with Gasteiger partial charge >= 0.3 is 11.9 Å². The molecule has 0 unspecified atom stereocenters. The molecule has 1 aliphatic rings. The van der Waals surface area contributed by atoms with Crippen LogP contribution in [0.25, 0.3) is 10.9 Å². The van der Waals surface area contributed by atoms with Crippen LogP contribution in [0.15, 0.2) is 48.5 Å². The number of para-hydroxylation sites is 1. The van der Waals surface area contributed by atoms with Crippen LogP contribution in [0, 0.1) is 0 Å². The summed E-state index contributed by atoms with van der Waals surface area (Å²) in [6.07, 6.45) is 0. The average Bonchev–Trinajstić information content (AvgIpc) is 3.01.